The molecule has 0 spiro atoms. The Morgan fingerprint density at radius 2 is 1.71 bits per heavy atom. The Morgan fingerprint density at radius 1 is 1.02 bits per heavy atom. The van der Waals surface area contributed by atoms with Crippen molar-refractivity contribution in [1.29, 1.82) is 0 Å². The van der Waals surface area contributed by atoms with Crippen LogP contribution in [0.2, 0.25) is 0 Å². The first-order chi connectivity index (χ1) is 20.0. The maximum atomic E-state index is 13.4. The number of aliphatic hydroxyl groups excluding tert-OH is 1. The third kappa shape index (κ3) is 6.87. The molecule has 4 N–H and O–H groups in total. The van der Waals surface area contributed by atoms with Gasteiger partial charge in [0.15, 0.2) is 6.10 Å². The Bertz CT molecular complexity index is 1380. The van der Waals surface area contributed by atoms with E-state index in [1.807, 2.05) is 13.0 Å². The van der Waals surface area contributed by atoms with E-state index in [2.05, 4.69) is 10.3 Å². The topological polar surface area (TPSA) is 190 Å². The molecule has 14 nitrogen and oxygen atoms in total. The summed E-state index contributed by atoms with van der Waals surface area (Å²) in [6, 6.07) is 4.96. The summed E-state index contributed by atoms with van der Waals surface area (Å²) in [5, 5.41) is 31.2. The van der Waals surface area contributed by atoms with E-state index in [4.69, 9.17) is 9.84 Å². The molecule has 2 aromatic rings. The van der Waals surface area contributed by atoms with Crippen LogP contribution in [-0.2, 0) is 14.4 Å². The highest BCUT2D eigenvalue weighted by Crippen LogP contribution is 2.28. The molecule has 1 aromatic carbocycles. The third-order valence-electron chi connectivity index (χ3n) is 7.53. The molecule has 0 unspecified atom stereocenters. The van der Waals surface area contributed by atoms with E-state index in [1.54, 1.807) is 24.0 Å². The lowest BCUT2D eigenvalue weighted by molar-refractivity contribution is -0.143. The van der Waals surface area contributed by atoms with Crippen LogP contribution in [0.3, 0.4) is 0 Å². The van der Waals surface area contributed by atoms with Crippen molar-refractivity contribution in [3.8, 4) is 5.75 Å². The Labute approximate surface area is 241 Å². The summed E-state index contributed by atoms with van der Waals surface area (Å²) >= 11 is 0. The predicted molar refractivity (Wildman–Crippen MR) is 148 cm³/mol. The number of hydrogen-bond donors (Lipinski definition) is 4. The second-order valence-electron chi connectivity index (χ2n) is 10.5. The van der Waals surface area contributed by atoms with Gasteiger partial charge in [0, 0.05) is 44.2 Å². The molecule has 3 atom stereocenters. The number of hydrogen-bond acceptors (Lipinski definition) is 8. The Hall–Kier alpha value is -4.46. The molecule has 4 amide bonds. The number of carbonyl (C=O) groups is 5. The Morgan fingerprint density at radius 3 is 2.36 bits per heavy atom. The number of amides is 4. The number of likely N-dealkylation sites (tertiary alicyclic amines) is 1. The van der Waals surface area contributed by atoms with Gasteiger partial charge in [-0.15, -0.1) is 0 Å². The molecule has 226 valence electrons. The first-order valence-corrected chi connectivity index (χ1v) is 13.8. The smallest absolute Gasteiger partial charge is 0.407 e. The quantitative estimate of drug-likeness (QED) is 0.326. The first kappa shape index (κ1) is 30.5. The number of carbonyl (C=O) groups excluding carboxylic acids is 3. The van der Waals surface area contributed by atoms with Gasteiger partial charge in [-0.2, -0.15) is 0 Å². The maximum Gasteiger partial charge on any atom is 0.407 e. The number of pyridine rings is 1. The summed E-state index contributed by atoms with van der Waals surface area (Å²) in [5.41, 5.74) is 1.11. The number of benzene rings is 1. The lowest BCUT2D eigenvalue weighted by atomic mass is 10.1. The fourth-order valence-corrected chi connectivity index (χ4v) is 5.26. The molecule has 2 saturated heterocycles. The number of piperazine rings is 1. The number of nitrogens with one attached hydrogen (secondary N) is 1. The van der Waals surface area contributed by atoms with Crippen LogP contribution < -0.4 is 10.1 Å². The summed E-state index contributed by atoms with van der Waals surface area (Å²) in [7, 11) is 0. The number of rotatable bonds is 9. The average Bonchev–Trinajstić information content (AvgIpc) is 3.44. The van der Waals surface area contributed by atoms with Crippen molar-refractivity contribution in [2.24, 2.45) is 0 Å². The van der Waals surface area contributed by atoms with Crippen LogP contribution in [0.5, 0.6) is 5.75 Å². The van der Waals surface area contributed by atoms with E-state index >= 15 is 0 Å². The molecule has 0 aliphatic carbocycles. The van der Waals surface area contributed by atoms with Gasteiger partial charge >= 0.3 is 12.1 Å². The number of carboxylic acid groups (broad SMARTS) is 2. The zero-order valence-electron chi connectivity index (χ0n) is 23.5. The van der Waals surface area contributed by atoms with Crippen molar-refractivity contribution in [3.05, 3.63) is 35.5 Å². The predicted octanol–water partition coefficient (Wildman–Crippen LogP) is 0.689. The van der Waals surface area contributed by atoms with Crippen LogP contribution in [0.4, 0.5) is 4.79 Å². The number of aliphatic carboxylic acids is 1. The maximum absolute atomic E-state index is 13.4. The first-order valence-electron chi connectivity index (χ1n) is 13.8. The van der Waals surface area contributed by atoms with Gasteiger partial charge in [-0.3, -0.25) is 19.2 Å². The van der Waals surface area contributed by atoms with Crippen LogP contribution in [0.25, 0.3) is 10.9 Å². The number of ether oxygens (including phenoxy) is 1. The summed E-state index contributed by atoms with van der Waals surface area (Å²) in [6.45, 7) is 4.03. The normalized spacial score (nSPS) is 18.5. The molecular formula is C28H35N5O9. The van der Waals surface area contributed by atoms with Gasteiger partial charge in [0.25, 0.3) is 11.8 Å². The average molecular weight is 586 g/mol. The SMILES string of the molecule is Cc1ccc2c(O[C@@H](C)C(=O)N3CCC[C@H]3CO)cc(C(=O)N[C@@H](CC(=O)O)C(=O)N3CCN(C(=O)O)CC3)nc2c1. The third-order valence-corrected chi connectivity index (χ3v) is 7.53. The molecule has 4 rings (SSSR count). The number of aryl methyl sites for hydroxylation is 1. The molecule has 0 bridgehead atoms. The summed E-state index contributed by atoms with van der Waals surface area (Å²) in [5.74, 6) is -2.86. The second-order valence-corrected chi connectivity index (χ2v) is 10.5. The largest absolute Gasteiger partial charge is 0.481 e. The summed E-state index contributed by atoms with van der Waals surface area (Å²) in [6.07, 6.45) is -1.27. The molecular weight excluding hydrogens is 550 g/mol. The van der Waals surface area contributed by atoms with Gasteiger partial charge in [0.2, 0.25) is 5.91 Å². The highest BCUT2D eigenvalue weighted by Gasteiger charge is 2.34. The van der Waals surface area contributed by atoms with Crippen molar-refractivity contribution in [2.45, 2.75) is 51.3 Å². The fraction of sp³-hybridized carbons (Fsp3) is 0.500. The van der Waals surface area contributed by atoms with Crippen LogP contribution >= 0.6 is 0 Å². The van der Waals surface area contributed by atoms with Crippen molar-refractivity contribution in [2.75, 3.05) is 39.3 Å². The number of aliphatic hydroxyl groups is 1. The molecule has 42 heavy (non-hydrogen) atoms. The van der Waals surface area contributed by atoms with Gasteiger partial charge in [-0.1, -0.05) is 6.07 Å². The zero-order valence-corrected chi connectivity index (χ0v) is 23.5. The van der Waals surface area contributed by atoms with E-state index in [0.29, 0.717) is 23.9 Å². The molecule has 0 radical (unpaired) electrons. The monoisotopic (exact) mass is 585 g/mol. The van der Waals surface area contributed by atoms with E-state index in [1.165, 1.54) is 11.0 Å². The molecule has 14 heteroatoms. The van der Waals surface area contributed by atoms with Crippen molar-refractivity contribution in [3.63, 3.8) is 0 Å². The number of nitrogens with zero attached hydrogens (tertiary/aromatic N) is 4. The summed E-state index contributed by atoms with van der Waals surface area (Å²) < 4.78 is 6.05. The van der Waals surface area contributed by atoms with Gasteiger partial charge in [-0.05, 0) is 44.4 Å². The molecule has 0 saturated carbocycles. The second kappa shape index (κ2) is 13.0. The van der Waals surface area contributed by atoms with Crippen molar-refractivity contribution >= 4 is 40.7 Å². The lowest BCUT2D eigenvalue weighted by Gasteiger charge is -2.35. The molecule has 2 aliphatic rings. The van der Waals surface area contributed by atoms with E-state index < -0.39 is 42.4 Å². The van der Waals surface area contributed by atoms with Gasteiger partial charge in [0.1, 0.15) is 17.5 Å². The summed E-state index contributed by atoms with van der Waals surface area (Å²) in [4.78, 5) is 70.9. The molecule has 3 heterocycles. The van der Waals surface area contributed by atoms with Gasteiger partial charge in [0.05, 0.1) is 24.6 Å². The van der Waals surface area contributed by atoms with Crippen LogP contribution in [-0.4, -0.2) is 122 Å². The molecule has 1 aromatic heterocycles. The van der Waals surface area contributed by atoms with Crippen LogP contribution in [0, 0.1) is 6.92 Å². The minimum atomic E-state index is -1.42. The molecule has 2 fully saturated rings. The minimum Gasteiger partial charge on any atom is -0.481 e. The highest BCUT2D eigenvalue weighted by molar-refractivity contribution is 6.00. The highest BCUT2D eigenvalue weighted by atomic mass is 16.5. The van der Waals surface area contributed by atoms with Crippen molar-refractivity contribution in [1.82, 2.24) is 25.0 Å². The zero-order chi connectivity index (χ0) is 30.6. The van der Waals surface area contributed by atoms with Crippen LogP contribution in [0.15, 0.2) is 24.3 Å². The lowest BCUT2D eigenvalue weighted by Crippen LogP contribution is -2.56. The number of fused-ring (bicyclic) bond motifs is 1. The number of carboxylic acids is 1. The Kier molecular flexibility index (Phi) is 9.45. The van der Waals surface area contributed by atoms with Gasteiger partial charge in [-0.25, -0.2) is 9.78 Å². The number of aromatic nitrogens is 1. The minimum absolute atomic E-state index is 0.0582. The standard InChI is InChI=1S/C28H35N5O9/c1-16-5-6-19-20(12-16)29-21(13-23(19)42-17(2)26(38)33-7-3-4-18(33)15-34)25(37)30-22(14-24(35)36)27(39)31-8-10-32(11-9-31)28(40)41/h5-6,12-13,17-18,22,34H,3-4,7-11,14-15H2,1-2H3,(H,30,37)(H,35,36)(H,40,41)/t17-,18-,22-/m0/s1. The molecule has 2 aliphatic heterocycles. The van der Waals surface area contributed by atoms with E-state index in [0.717, 1.165) is 16.9 Å². The Balaban J connectivity index is 1.57. The van der Waals surface area contributed by atoms with Gasteiger partial charge < -0.3 is 40.1 Å². The van der Waals surface area contributed by atoms with E-state index in [9.17, 15) is 34.2 Å². The van der Waals surface area contributed by atoms with Crippen LogP contribution in [0.1, 0.15) is 42.2 Å². The van der Waals surface area contributed by atoms with E-state index in [-0.39, 0.29) is 56.2 Å². The fourth-order valence-electron chi connectivity index (χ4n) is 5.26. The van der Waals surface area contributed by atoms with Crippen molar-refractivity contribution < 1.29 is 44.0 Å².